The quantitative estimate of drug-likeness (QED) is 0.425. The van der Waals surface area contributed by atoms with Gasteiger partial charge in [0.1, 0.15) is 5.82 Å². The monoisotopic (exact) mass is 498 g/mol. The molecule has 2 aliphatic rings. The Morgan fingerprint density at radius 1 is 0.889 bits per heavy atom. The number of amides is 1. The van der Waals surface area contributed by atoms with Crippen molar-refractivity contribution in [1.82, 2.24) is 9.55 Å². The number of sulfonamides is 1. The zero-order valence-corrected chi connectivity index (χ0v) is 20.5. The van der Waals surface area contributed by atoms with Crippen molar-refractivity contribution in [3.63, 3.8) is 0 Å². The molecule has 3 aromatic carbocycles. The average molecular weight is 499 g/mol. The number of benzene rings is 3. The van der Waals surface area contributed by atoms with Crippen molar-refractivity contribution in [3.8, 4) is 11.3 Å². The minimum absolute atomic E-state index is 0.103. The summed E-state index contributed by atoms with van der Waals surface area (Å²) in [5, 5.41) is 2.88. The SMILES string of the molecule is O=C(Nc1ccc(-c2cn3c(n2)CCCC3)cc1)c1cccc(S(=O)(=O)N2CCc3ccccc32)c1. The Bertz CT molecular complexity index is 1530. The minimum atomic E-state index is -3.77. The Labute approximate surface area is 210 Å². The minimum Gasteiger partial charge on any atom is -0.334 e. The second kappa shape index (κ2) is 8.95. The third-order valence-corrected chi connectivity index (χ3v) is 8.69. The van der Waals surface area contributed by atoms with Crippen LogP contribution in [0.2, 0.25) is 0 Å². The molecule has 0 unspecified atom stereocenters. The largest absolute Gasteiger partial charge is 0.334 e. The molecule has 8 heteroatoms. The van der Waals surface area contributed by atoms with Crippen LogP contribution in [-0.4, -0.2) is 30.4 Å². The third kappa shape index (κ3) is 4.07. The van der Waals surface area contributed by atoms with Crippen molar-refractivity contribution in [3.05, 3.63) is 95.9 Å². The topological polar surface area (TPSA) is 84.3 Å². The Balaban J connectivity index is 1.19. The van der Waals surface area contributed by atoms with E-state index in [0.717, 1.165) is 35.6 Å². The van der Waals surface area contributed by atoms with Gasteiger partial charge in [-0.2, -0.15) is 0 Å². The molecule has 0 fully saturated rings. The van der Waals surface area contributed by atoms with Crippen molar-refractivity contribution < 1.29 is 13.2 Å². The van der Waals surface area contributed by atoms with E-state index < -0.39 is 10.0 Å². The molecule has 0 spiro atoms. The fraction of sp³-hybridized carbons (Fsp3) is 0.214. The number of fused-ring (bicyclic) bond motifs is 2. The zero-order chi connectivity index (χ0) is 24.7. The fourth-order valence-corrected chi connectivity index (χ4v) is 6.51. The third-order valence-electron chi connectivity index (χ3n) is 6.88. The van der Waals surface area contributed by atoms with Gasteiger partial charge in [0.25, 0.3) is 15.9 Å². The van der Waals surface area contributed by atoms with Crippen LogP contribution in [0.15, 0.2) is 83.9 Å². The molecule has 2 aliphatic heterocycles. The van der Waals surface area contributed by atoms with E-state index in [4.69, 9.17) is 4.98 Å². The number of para-hydroxylation sites is 1. The first-order valence-corrected chi connectivity index (χ1v) is 13.6. The molecule has 3 heterocycles. The summed E-state index contributed by atoms with van der Waals surface area (Å²) in [4.78, 5) is 17.8. The summed E-state index contributed by atoms with van der Waals surface area (Å²) < 4.78 is 30.4. The standard InChI is InChI=1S/C28H26N4O3S/c33-28(29-23-13-11-20(12-14-23)25-19-31-16-4-3-10-27(31)30-25)22-7-5-8-24(18-22)36(34,35)32-17-15-21-6-1-2-9-26(21)32/h1-2,5-9,11-14,18-19H,3-4,10,15-17H2,(H,29,33). The first-order valence-electron chi connectivity index (χ1n) is 12.2. The maximum atomic E-state index is 13.4. The lowest BCUT2D eigenvalue weighted by Gasteiger charge is -2.20. The first-order chi connectivity index (χ1) is 17.5. The second-order valence-corrected chi connectivity index (χ2v) is 11.1. The highest BCUT2D eigenvalue weighted by atomic mass is 32.2. The van der Waals surface area contributed by atoms with Gasteiger partial charge in [-0.1, -0.05) is 36.4 Å². The van der Waals surface area contributed by atoms with Gasteiger partial charge in [0.2, 0.25) is 0 Å². The summed E-state index contributed by atoms with van der Waals surface area (Å²) in [7, 11) is -3.77. The van der Waals surface area contributed by atoms with E-state index in [-0.39, 0.29) is 16.4 Å². The fourth-order valence-electron chi connectivity index (χ4n) is 4.96. The number of carbonyl (C=O) groups excluding carboxylic acids is 1. The number of rotatable bonds is 5. The van der Waals surface area contributed by atoms with Crippen molar-refractivity contribution in [2.45, 2.75) is 37.1 Å². The summed E-state index contributed by atoms with van der Waals surface area (Å²) in [6.45, 7) is 1.40. The number of hydrogen-bond donors (Lipinski definition) is 1. The molecule has 0 aliphatic carbocycles. The first kappa shape index (κ1) is 22.5. The smallest absolute Gasteiger partial charge is 0.264 e. The van der Waals surface area contributed by atoms with Crippen LogP contribution in [0.4, 0.5) is 11.4 Å². The van der Waals surface area contributed by atoms with Crippen LogP contribution in [0.3, 0.4) is 0 Å². The normalized spacial score (nSPS) is 14.8. The molecule has 0 radical (unpaired) electrons. The molecule has 4 aromatic rings. The Morgan fingerprint density at radius 3 is 2.56 bits per heavy atom. The maximum absolute atomic E-state index is 13.4. The van der Waals surface area contributed by atoms with E-state index in [1.54, 1.807) is 12.1 Å². The molecule has 1 amide bonds. The number of aryl methyl sites for hydroxylation is 2. The van der Waals surface area contributed by atoms with Gasteiger partial charge in [-0.3, -0.25) is 9.10 Å². The van der Waals surface area contributed by atoms with Crippen molar-refractivity contribution >= 4 is 27.3 Å². The highest BCUT2D eigenvalue weighted by molar-refractivity contribution is 7.92. The molecule has 1 N–H and O–H groups in total. The lowest BCUT2D eigenvalue weighted by molar-refractivity contribution is 0.102. The Hall–Kier alpha value is -3.91. The Kier molecular flexibility index (Phi) is 5.60. The molecule has 36 heavy (non-hydrogen) atoms. The molecule has 0 bridgehead atoms. The average Bonchev–Trinajstić information content (AvgIpc) is 3.54. The number of nitrogens with one attached hydrogen (secondary N) is 1. The van der Waals surface area contributed by atoms with Crippen molar-refractivity contribution in [2.24, 2.45) is 0 Å². The molecule has 6 rings (SSSR count). The van der Waals surface area contributed by atoms with Gasteiger partial charge in [-0.15, -0.1) is 0 Å². The van der Waals surface area contributed by atoms with Crippen molar-refractivity contribution in [1.29, 1.82) is 0 Å². The lowest BCUT2D eigenvalue weighted by Crippen LogP contribution is -2.29. The second-order valence-electron chi connectivity index (χ2n) is 9.21. The van der Waals surface area contributed by atoms with Gasteiger partial charge >= 0.3 is 0 Å². The molecule has 7 nitrogen and oxygen atoms in total. The molecular formula is C28H26N4O3S. The predicted molar refractivity (Wildman–Crippen MR) is 140 cm³/mol. The summed E-state index contributed by atoms with van der Waals surface area (Å²) >= 11 is 0. The number of nitrogens with zero attached hydrogens (tertiary/aromatic N) is 3. The summed E-state index contributed by atoms with van der Waals surface area (Å²) in [6.07, 6.45) is 6.13. The lowest BCUT2D eigenvalue weighted by atomic mass is 10.1. The van der Waals surface area contributed by atoms with Crippen LogP contribution in [0.1, 0.15) is 34.6 Å². The summed E-state index contributed by atoms with van der Waals surface area (Å²) in [6, 6.07) is 21.3. The van der Waals surface area contributed by atoms with Crippen LogP contribution in [0, 0.1) is 0 Å². The van der Waals surface area contributed by atoms with Gasteiger partial charge in [0, 0.05) is 42.5 Å². The van der Waals surface area contributed by atoms with Crippen LogP contribution >= 0.6 is 0 Å². The molecular weight excluding hydrogens is 472 g/mol. The van der Waals surface area contributed by atoms with E-state index in [2.05, 4.69) is 16.1 Å². The number of carbonyl (C=O) groups is 1. The summed E-state index contributed by atoms with van der Waals surface area (Å²) in [5.74, 6) is 0.764. The zero-order valence-electron chi connectivity index (χ0n) is 19.7. The van der Waals surface area contributed by atoms with Crippen LogP contribution in [0.25, 0.3) is 11.3 Å². The van der Waals surface area contributed by atoms with E-state index in [0.29, 0.717) is 24.3 Å². The molecule has 0 atom stereocenters. The van der Waals surface area contributed by atoms with Crippen LogP contribution in [0.5, 0.6) is 0 Å². The summed E-state index contributed by atoms with van der Waals surface area (Å²) in [5.41, 5.74) is 4.56. The number of imidazole rings is 1. The maximum Gasteiger partial charge on any atom is 0.264 e. The van der Waals surface area contributed by atoms with E-state index in [1.807, 2.05) is 48.5 Å². The highest BCUT2D eigenvalue weighted by Crippen LogP contribution is 2.33. The predicted octanol–water partition coefficient (Wildman–Crippen LogP) is 4.89. The number of anilines is 2. The van der Waals surface area contributed by atoms with Gasteiger partial charge in [0.05, 0.1) is 16.3 Å². The van der Waals surface area contributed by atoms with Gasteiger partial charge in [-0.25, -0.2) is 13.4 Å². The van der Waals surface area contributed by atoms with E-state index >= 15 is 0 Å². The molecule has 1 aromatic heterocycles. The highest BCUT2D eigenvalue weighted by Gasteiger charge is 2.31. The van der Waals surface area contributed by atoms with Gasteiger partial charge < -0.3 is 9.88 Å². The van der Waals surface area contributed by atoms with Gasteiger partial charge in [-0.05, 0) is 61.2 Å². The molecule has 0 saturated carbocycles. The van der Waals surface area contributed by atoms with E-state index in [1.165, 1.54) is 29.3 Å². The van der Waals surface area contributed by atoms with Crippen LogP contribution in [-0.2, 0) is 29.4 Å². The van der Waals surface area contributed by atoms with Crippen molar-refractivity contribution in [2.75, 3.05) is 16.2 Å². The van der Waals surface area contributed by atoms with Crippen LogP contribution < -0.4 is 9.62 Å². The molecule has 0 saturated heterocycles. The number of aromatic nitrogens is 2. The van der Waals surface area contributed by atoms with E-state index in [9.17, 15) is 13.2 Å². The Morgan fingerprint density at radius 2 is 1.72 bits per heavy atom. The molecule has 182 valence electrons. The van der Waals surface area contributed by atoms with Gasteiger partial charge in [0.15, 0.2) is 0 Å². The number of hydrogen-bond acceptors (Lipinski definition) is 4.